The molecule has 0 radical (unpaired) electrons. The molecule has 2 N–H and O–H groups in total. The highest BCUT2D eigenvalue weighted by molar-refractivity contribution is 5.58. The highest BCUT2D eigenvalue weighted by Crippen LogP contribution is 2.26. The van der Waals surface area contributed by atoms with Crippen LogP contribution in [0.15, 0.2) is 24.3 Å². The lowest BCUT2D eigenvalue weighted by atomic mass is 10.0. The number of hydrogen-bond acceptors (Lipinski definition) is 4. The Bertz CT molecular complexity index is 472. The molecule has 0 bridgehead atoms. The van der Waals surface area contributed by atoms with E-state index in [1.165, 1.54) is 12.1 Å². The van der Waals surface area contributed by atoms with Crippen molar-refractivity contribution in [1.29, 1.82) is 0 Å². The quantitative estimate of drug-likeness (QED) is 0.565. The topological polar surface area (TPSA) is 75.4 Å². The monoisotopic (exact) mass is 278 g/mol. The van der Waals surface area contributed by atoms with Gasteiger partial charge in [-0.25, -0.2) is 0 Å². The molecule has 5 nitrogen and oxygen atoms in total. The minimum absolute atomic E-state index is 0.255. The van der Waals surface area contributed by atoms with Gasteiger partial charge in [0.25, 0.3) is 0 Å². The van der Waals surface area contributed by atoms with Crippen LogP contribution in [0.25, 0.3) is 6.08 Å². The number of phenols is 1. The van der Waals surface area contributed by atoms with Gasteiger partial charge in [-0.3, -0.25) is 10.1 Å². The predicted octanol–water partition coefficient (Wildman–Crippen LogP) is 3.34. The summed E-state index contributed by atoms with van der Waals surface area (Å²) in [6.07, 6.45) is 7.07. The Kier molecular flexibility index (Phi) is 6.73. The Labute approximate surface area is 119 Å². The molecule has 1 aromatic rings. The van der Waals surface area contributed by atoms with Gasteiger partial charge in [0.2, 0.25) is 0 Å². The van der Waals surface area contributed by atoms with Crippen LogP contribution in [0.2, 0.25) is 0 Å². The highest BCUT2D eigenvalue weighted by atomic mass is 16.6. The van der Waals surface area contributed by atoms with Gasteiger partial charge in [-0.15, -0.1) is 0 Å². The van der Waals surface area contributed by atoms with Crippen LogP contribution in [0, 0.1) is 16.0 Å². The van der Waals surface area contributed by atoms with Crippen molar-refractivity contribution in [2.24, 2.45) is 5.92 Å². The third kappa shape index (κ3) is 5.40. The van der Waals surface area contributed by atoms with E-state index in [-0.39, 0.29) is 11.4 Å². The molecule has 0 heterocycles. The zero-order chi connectivity index (χ0) is 15.0. The third-order valence-corrected chi connectivity index (χ3v) is 3.22. The van der Waals surface area contributed by atoms with Gasteiger partial charge in [-0.1, -0.05) is 25.1 Å². The molecule has 0 aliphatic carbocycles. The second-order valence-corrected chi connectivity index (χ2v) is 4.98. The largest absolute Gasteiger partial charge is 0.502 e. The van der Waals surface area contributed by atoms with Gasteiger partial charge in [0.1, 0.15) is 0 Å². The molecule has 0 aromatic heterocycles. The van der Waals surface area contributed by atoms with E-state index in [1.807, 2.05) is 19.2 Å². The van der Waals surface area contributed by atoms with E-state index in [9.17, 15) is 15.2 Å². The fraction of sp³-hybridized carbons (Fsp3) is 0.467. The molecule has 5 heteroatoms. The average Bonchev–Trinajstić information content (AvgIpc) is 2.42. The fourth-order valence-electron chi connectivity index (χ4n) is 1.93. The lowest BCUT2D eigenvalue weighted by molar-refractivity contribution is -0.385. The maximum atomic E-state index is 10.7. The number of benzene rings is 1. The number of nitro benzene ring substituents is 1. The van der Waals surface area contributed by atoms with Crippen LogP contribution in [0.1, 0.15) is 31.7 Å². The van der Waals surface area contributed by atoms with E-state index in [1.54, 1.807) is 6.07 Å². The van der Waals surface area contributed by atoms with Crippen LogP contribution < -0.4 is 5.32 Å². The Morgan fingerprint density at radius 3 is 2.85 bits per heavy atom. The number of nitrogens with zero attached hydrogens (tertiary/aromatic N) is 1. The molecule has 1 aromatic carbocycles. The van der Waals surface area contributed by atoms with Crippen LogP contribution in [0.4, 0.5) is 5.69 Å². The summed E-state index contributed by atoms with van der Waals surface area (Å²) in [6, 6.07) is 4.41. The summed E-state index contributed by atoms with van der Waals surface area (Å²) in [7, 11) is 1.95. The van der Waals surface area contributed by atoms with Crippen molar-refractivity contribution in [3.05, 3.63) is 40.0 Å². The average molecular weight is 278 g/mol. The molecule has 1 atom stereocenters. The molecule has 1 rings (SSSR count). The maximum absolute atomic E-state index is 10.7. The van der Waals surface area contributed by atoms with Gasteiger partial charge >= 0.3 is 5.69 Å². The number of rotatable bonds is 8. The van der Waals surface area contributed by atoms with E-state index < -0.39 is 4.92 Å². The molecule has 110 valence electrons. The van der Waals surface area contributed by atoms with Crippen molar-refractivity contribution >= 4 is 11.8 Å². The van der Waals surface area contributed by atoms with Crippen LogP contribution in [-0.2, 0) is 0 Å². The first kappa shape index (κ1) is 16.2. The highest BCUT2D eigenvalue weighted by Gasteiger charge is 2.12. The summed E-state index contributed by atoms with van der Waals surface area (Å²) in [6.45, 7) is 3.24. The number of phenolic OH excluding ortho intramolecular Hbond substituents is 1. The first-order chi connectivity index (χ1) is 9.54. The minimum Gasteiger partial charge on any atom is -0.502 e. The summed E-state index contributed by atoms with van der Waals surface area (Å²) in [4.78, 5) is 10.1. The maximum Gasteiger partial charge on any atom is 0.311 e. The standard InChI is InChI=1S/C15H22N2O3/c1-12(9-10-16-2)5-3-4-6-13-7-8-15(18)14(11-13)17(19)20/h4,6-8,11-12,16,18H,3,5,9-10H2,1-2H3/b6-4-. The molecule has 0 saturated heterocycles. The van der Waals surface area contributed by atoms with Crippen molar-refractivity contribution in [2.45, 2.75) is 26.2 Å². The van der Waals surface area contributed by atoms with Gasteiger partial charge in [-0.2, -0.15) is 0 Å². The summed E-state index contributed by atoms with van der Waals surface area (Å²) in [5.74, 6) is 0.356. The zero-order valence-electron chi connectivity index (χ0n) is 12.0. The van der Waals surface area contributed by atoms with E-state index in [2.05, 4.69) is 12.2 Å². The number of allylic oxidation sites excluding steroid dienone is 1. The second-order valence-electron chi connectivity index (χ2n) is 4.98. The Hall–Kier alpha value is -1.88. The molecule has 1 unspecified atom stereocenters. The van der Waals surface area contributed by atoms with E-state index in [0.29, 0.717) is 5.92 Å². The summed E-state index contributed by atoms with van der Waals surface area (Å²) >= 11 is 0. The number of nitro groups is 1. The van der Waals surface area contributed by atoms with Crippen LogP contribution in [0.3, 0.4) is 0 Å². The molecule has 0 amide bonds. The summed E-state index contributed by atoms with van der Waals surface area (Å²) in [5, 5.41) is 23.2. The summed E-state index contributed by atoms with van der Waals surface area (Å²) in [5.41, 5.74) is 0.479. The van der Waals surface area contributed by atoms with E-state index >= 15 is 0 Å². The van der Waals surface area contributed by atoms with Crippen LogP contribution in [0.5, 0.6) is 5.75 Å². The van der Waals surface area contributed by atoms with Gasteiger partial charge in [0, 0.05) is 6.07 Å². The molecular weight excluding hydrogens is 256 g/mol. The van der Waals surface area contributed by atoms with Crippen LogP contribution in [-0.4, -0.2) is 23.6 Å². The molecule has 20 heavy (non-hydrogen) atoms. The number of aromatic hydroxyl groups is 1. The molecule has 0 spiro atoms. The Morgan fingerprint density at radius 1 is 1.45 bits per heavy atom. The van der Waals surface area contributed by atoms with Crippen molar-refractivity contribution in [3.63, 3.8) is 0 Å². The SMILES string of the molecule is CNCCC(C)CC/C=C\c1ccc(O)c([N+](=O)[O-])c1. The molecular formula is C15H22N2O3. The second kappa shape index (κ2) is 8.32. The fourth-order valence-corrected chi connectivity index (χ4v) is 1.93. The van der Waals surface area contributed by atoms with Crippen LogP contribution >= 0.6 is 0 Å². The lowest BCUT2D eigenvalue weighted by Crippen LogP contribution is -2.11. The van der Waals surface area contributed by atoms with Crippen molar-refractivity contribution in [1.82, 2.24) is 5.32 Å². The Balaban J connectivity index is 2.50. The minimum atomic E-state index is -0.577. The first-order valence-corrected chi connectivity index (χ1v) is 6.83. The number of nitrogens with one attached hydrogen (secondary N) is 1. The molecule has 0 aliphatic heterocycles. The molecule has 0 fully saturated rings. The Morgan fingerprint density at radius 2 is 2.20 bits per heavy atom. The van der Waals surface area contributed by atoms with Gasteiger partial charge in [0.05, 0.1) is 4.92 Å². The normalized spacial score (nSPS) is 12.7. The van der Waals surface area contributed by atoms with Gasteiger partial charge in [-0.05, 0) is 50.4 Å². The molecule has 0 saturated carbocycles. The van der Waals surface area contributed by atoms with Crippen molar-refractivity contribution in [2.75, 3.05) is 13.6 Å². The third-order valence-electron chi connectivity index (χ3n) is 3.22. The molecule has 0 aliphatic rings. The zero-order valence-corrected chi connectivity index (χ0v) is 12.0. The van der Waals surface area contributed by atoms with Crippen molar-refractivity contribution in [3.8, 4) is 5.75 Å². The number of hydrogen-bond donors (Lipinski definition) is 2. The van der Waals surface area contributed by atoms with E-state index in [4.69, 9.17) is 0 Å². The first-order valence-electron chi connectivity index (χ1n) is 6.83. The van der Waals surface area contributed by atoms with Crippen molar-refractivity contribution < 1.29 is 10.0 Å². The predicted molar refractivity (Wildman–Crippen MR) is 80.7 cm³/mol. The smallest absolute Gasteiger partial charge is 0.311 e. The van der Waals surface area contributed by atoms with E-state index in [0.717, 1.165) is 31.4 Å². The summed E-state index contributed by atoms with van der Waals surface area (Å²) < 4.78 is 0. The van der Waals surface area contributed by atoms with Gasteiger partial charge < -0.3 is 10.4 Å². The lowest BCUT2D eigenvalue weighted by Gasteiger charge is -2.08. The van der Waals surface area contributed by atoms with Gasteiger partial charge in [0.15, 0.2) is 5.75 Å².